The molecule has 0 spiro atoms. The maximum absolute atomic E-state index is 2.45. The van der Waals surface area contributed by atoms with Crippen LogP contribution in [0.3, 0.4) is 0 Å². The number of thiophene rings is 1. The van der Waals surface area contributed by atoms with Crippen molar-refractivity contribution >= 4 is 71.6 Å². The fourth-order valence-electron chi connectivity index (χ4n) is 8.63. The average Bonchev–Trinajstić information content (AvgIpc) is 3.78. The third-order valence-corrected chi connectivity index (χ3v) is 12.8. The predicted molar refractivity (Wildman–Crippen MR) is 233 cm³/mol. The summed E-state index contributed by atoms with van der Waals surface area (Å²) in [7, 11) is 0. The Kier molecular flexibility index (Phi) is 7.50. The lowest BCUT2D eigenvalue weighted by molar-refractivity contribution is 0.660. The first-order valence-corrected chi connectivity index (χ1v) is 19.6. The molecule has 0 saturated carbocycles. The van der Waals surface area contributed by atoms with Crippen molar-refractivity contribution in [1.82, 2.24) is 4.57 Å². The number of aryl methyl sites for hydroxylation is 1. The third kappa shape index (κ3) is 5.15. The highest BCUT2D eigenvalue weighted by atomic mass is 32.1. The summed E-state index contributed by atoms with van der Waals surface area (Å²) in [6, 6.07) is 57.8. The Hall–Kier alpha value is -6.16. The molecular formula is C51H40N2S. The highest BCUT2D eigenvalue weighted by Gasteiger charge is 2.36. The third-order valence-electron chi connectivity index (χ3n) is 11.6. The van der Waals surface area contributed by atoms with Gasteiger partial charge in [0.25, 0.3) is 0 Å². The number of para-hydroxylation sites is 2. The molecule has 3 heteroatoms. The SMILES string of the molecule is Cc1c(C)n(-c2ccccc2)c2cc3c(cc12)-c1ccc(/C=C/c2ccc(N(c4ccccc4)c4ccc5sc6ccccc6c5c4)cc2)cc1C3(C)C. The van der Waals surface area contributed by atoms with E-state index in [-0.39, 0.29) is 5.41 Å². The van der Waals surface area contributed by atoms with Crippen molar-refractivity contribution in [2.45, 2.75) is 33.1 Å². The van der Waals surface area contributed by atoms with E-state index in [2.05, 4.69) is 207 Å². The van der Waals surface area contributed by atoms with Gasteiger partial charge in [0, 0.05) is 59.4 Å². The first-order chi connectivity index (χ1) is 26.3. The van der Waals surface area contributed by atoms with Crippen LogP contribution in [0.1, 0.15) is 47.4 Å². The molecule has 1 aliphatic rings. The van der Waals surface area contributed by atoms with Crippen LogP contribution in [0.5, 0.6) is 0 Å². The Balaban J connectivity index is 0.968. The summed E-state index contributed by atoms with van der Waals surface area (Å²) in [6.07, 6.45) is 4.49. The lowest BCUT2D eigenvalue weighted by Crippen LogP contribution is -2.15. The van der Waals surface area contributed by atoms with Gasteiger partial charge in [-0.3, -0.25) is 0 Å². The minimum Gasteiger partial charge on any atom is -0.314 e. The summed E-state index contributed by atoms with van der Waals surface area (Å²) >= 11 is 1.86. The molecule has 10 rings (SSSR count). The van der Waals surface area contributed by atoms with Gasteiger partial charge in [0.2, 0.25) is 0 Å². The Labute approximate surface area is 320 Å². The van der Waals surface area contributed by atoms with Crippen molar-refractivity contribution in [2.75, 3.05) is 4.90 Å². The highest BCUT2D eigenvalue weighted by Crippen LogP contribution is 2.51. The van der Waals surface area contributed by atoms with Gasteiger partial charge in [0.1, 0.15) is 0 Å². The number of benzene rings is 7. The normalized spacial score (nSPS) is 13.3. The van der Waals surface area contributed by atoms with E-state index < -0.39 is 0 Å². The molecule has 0 atom stereocenters. The van der Waals surface area contributed by atoms with Crippen LogP contribution in [0.15, 0.2) is 158 Å². The van der Waals surface area contributed by atoms with Crippen molar-refractivity contribution in [2.24, 2.45) is 0 Å². The fourth-order valence-corrected chi connectivity index (χ4v) is 9.72. The van der Waals surface area contributed by atoms with Crippen molar-refractivity contribution in [3.05, 3.63) is 191 Å². The average molecular weight is 713 g/mol. The maximum Gasteiger partial charge on any atom is 0.0537 e. The number of aromatic nitrogens is 1. The molecule has 54 heavy (non-hydrogen) atoms. The Bertz CT molecular complexity index is 2910. The fraction of sp³-hybridized carbons (Fsp3) is 0.0980. The molecule has 2 nitrogen and oxygen atoms in total. The molecule has 0 amide bonds. The largest absolute Gasteiger partial charge is 0.314 e. The van der Waals surface area contributed by atoms with Gasteiger partial charge in [-0.2, -0.15) is 0 Å². The lowest BCUT2D eigenvalue weighted by atomic mass is 9.81. The molecule has 0 N–H and O–H groups in total. The van der Waals surface area contributed by atoms with Crippen LogP contribution in [-0.2, 0) is 5.41 Å². The molecule has 7 aromatic carbocycles. The van der Waals surface area contributed by atoms with Gasteiger partial charge in [-0.1, -0.05) is 111 Å². The molecule has 1 aliphatic carbocycles. The summed E-state index contributed by atoms with van der Waals surface area (Å²) < 4.78 is 5.06. The number of hydrogen-bond donors (Lipinski definition) is 0. The Morgan fingerprint density at radius 1 is 0.519 bits per heavy atom. The minimum atomic E-state index is -0.114. The first kappa shape index (κ1) is 32.5. The zero-order valence-electron chi connectivity index (χ0n) is 31.0. The van der Waals surface area contributed by atoms with Crippen LogP contribution < -0.4 is 4.90 Å². The van der Waals surface area contributed by atoms with Gasteiger partial charge in [0.15, 0.2) is 0 Å². The molecule has 0 aliphatic heterocycles. The maximum atomic E-state index is 2.45. The zero-order valence-corrected chi connectivity index (χ0v) is 31.8. The minimum absolute atomic E-state index is 0.114. The second-order valence-corrected chi connectivity index (χ2v) is 16.2. The molecule has 0 radical (unpaired) electrons. The summed E-state index contributed by atoms with van der Waals surface area (Å²) in [5.74, 6) is 0. The summed E-state index contributed by atoms with van der Waals surface area (Å²) in [5, 5.41) is 3.94. The van der Waals surface area contributed by atoms with Gasteiger partial charge < -0.3 is 9.47 Å². The number of hydrogen-bond acceptors (Lipinski definition) is 2. The van der Waals surface area contributed by atoms with E-state index in [1.807, 2.05) is 11.3 Å². The van der Waals surface area contributed by atoms with Gasteiger partial charge >= 0.3 is 0 Å². The van der Waals surface area contributed by atoms with E-state index in [9.17, 15) is 0 Å². The standard InChI is InChI=1S/C51H40N2S/c1-33-34(2)52(37-13-7-5-8-14-37)48-32-47-44(31-43(33)48)41-27-23-36(29-46(41)51(47,3)4)20-19-35-21-24-39(25-22-35)53(38-15-9-6-10-16-38)40-26-28-50-45(30-40)42-17-11-12-18-49(42)54-50/h5-32H,1-4H3/b20-19+. The van der Waals surface area contributed by atoms with E-state index in [0.717, 1.165) is 17.1 Å². The molecule has 2 heterocycles. The lowest BCUT2D eigenvalue weighted by Gasteiger charge is -2.25. The molecular weight excluding hydrogens is 673 g/mol. The van der Waals surface area contributed by atoms with Crippen LogP contribution in [0.25, 0.3) is 60.0 Å². The van der Waals surface area contributed by atoms with Gasteiger partial charge in [-0.05, 0) is 126 Å². The summed E-state index contributed by atoms with van der Waals surface area (Å²) in [4.78, 5) is 2.35. The Morgan fingerprint density at radius 3 is 1.94 bits per heavy atom. The second kappa shape index (κ2) is 12.5. The van der Waals surface area contributed by atoms with Crippen LogP contribution in [0.2, 0.25) is 0 Å². The smallest absolute Gasteiger partial charge is 0.0537 e. The van der Waals surface area contributed by atoms with Crippen molar-refractivity contribution in [1.29, 1.82) is 0 Å². The monoisotopic (exact) mass is 712 g/mol. The number of fused-ring (bicyclic) bond motifs is 7. The first-order valence-electron chi connectivity index (χ1n) is 18.8. The Morgan fingerprint density at radius 2 is 1.15 bits per heavy atom. The van der Waals surface area contributed by atoms with E-state index in [4.69, 9.17) is 0 Å². The van der Waals surface area contributed by atoms with E-state index >= 15 is 0 Å². The molecule has 2 aromatic heterocycles. The van der Waals surface area contributed by atoms with Crippen LogP contribution in [0.4, 0.5) is 17.1 Å². The molecule has 0 fully saturated rings. The van der Waals surface area contributed by atoms with Crippen molar-refractivity contribution < 1.29 is 0 Å². The van der Waals surface area contributed by atoms with E-state index in [1.165, 1.54) is 81.4 Å². The van der Waals surface area contributed by atoms with Gasteiger partial charge in [-0.15, -0.1) is 11.3 Å². The predicted octanol–water partition coefficient (Wildman–Crippen LogP) is 14.6. The summed E-state index contributed by atoms with van der Waals surface area (Å²) in [5.41, 5.74) is 16.3. The van der Waals surface area contributed by atoms with Gasteiger partial charge in [-0.25, -0.2) is 0 Å². The number of rotatable bonds is 6. The van der Waals surface area contributed by atoms with E-state index in [1.54, 1.807) is 0 Å². The van der Waals surface area contributed by atoms with Crippen LogP contribution in [0, 0.1) is 13.8 Å². The molecule has 0 unspecified atom stereocenters. The zero-order chi connectivity index (χ0) is 36.6. The molecule has 260 valence electrons. The number of anilines is 3. The molecule has 0 saturated heterocycles. The second-order valence-electron chi connectivity index (χ2n) is 15.1. The quantitative estimate of drug-likeness (QED) is 0.156. The summed E-state index contributed by atoms with van der Waals surface area (Å²) in [6.45, 7) is 9.25. The topological polar surface area (TPSA) is 8.17 Å². The van der Waals surface area contributed by atoms with Crippen molar-refractivity contribution in [3.63, 3.8) is 0 Å². The van der Waals surface area contributed by atoms with E-state index in [0.29, 0.717) is 0 Å². The number of nitrogens with zero attached hydrogens (tertiary/aromatic N) is 2. The van der Waals surface area contributed by atoms with Crippen molar-refractivity contribution in [3.8, 4) is 16.8 Å². The highest BCUT2D eigenvalue weighted by molar-refractivity contribution is 7.25. The molecule has 0 bridgehead atoms. The van der Waals surface area contributed by atoms with Crippen LogP contribution >= 0.6 is 11.3 Å². The van der Waals surface area contributed by atoms with Crippen LogP contribution in [-0.4, -0.2) is 4.57 Å². The van der Waals surface area contributed by atoms with Gasteiger partial charge in [0.05, 0.1) is 5.52 Å². The molecule has 9 aromatic rings.